The average molecular weight is 379 g/mol. The Bertz CT molecular complexity index is 1020. The molecule has 0 unspecified atom stereocenters. The third-order valence-electron chi connectivity index (χ3n) is 5.01. The third-order valence-corrected chi connectivity index (χ3v) is 5.25. The van der Waals surface area contributed by atoms with Crippen molar-refractivity contribution in [2.45, 2.75) is 18.7 Å². The lowest BCUT2D eigenvalue weighted by Gasteiger charge is -2.38. The van der Waals surface area contributed by atoms with Gasteiger partial charge in [0.25, 0.3) is 0 Å². The van der Waals surface area contributed by atoms with Crippen LogP contribution in [0.3, 0.4) is 0 Å². The van der Waals surface area contributed by atoms with Crippen LogP contribution in [0.4, 0.5) is 4.39 Å². The Hall–Kier alpha value is -2.85. The lowest BCUT2D eigenvalue weighted by atomic mass is 9.96. The smallest absolute Gasteiger partial charge is 0.213 e. The molecule has 2 heterocycles. The van der Waals surface area contributed by atoms with E-state index in [4.69, 9.17) is 21.4 Å². The van der Waals surface area contributed by atoms with Gasteiger partial charge < -0.3 is 4.74 Å². The second-order valence-electron chi connectivity index (χ2n) is 6.72. The maximum atomic E-state index is 13.4. The van der Waals surface area contributed by atoms with Gasteiger partial charge in [0, 0.05) is 22.6 Å². The predicted molar refractivity (Wildman–Crippen MR) is 103 cm³/mol. The summed E-state index contributed by atoms with van der Waals surface area (Å²) in [6, 6.07) is 22.2. The van der Waals surface area contributed by atoms with Gasteiger partial charge in [-0.1, -0.05) is 54.1 Å². The SMILES string of the molecule is Fc1ccc([C@@H]2Oc3ccc(Cl)cc3[C@@H]3CC(c4ccccc4)=NN32)cc1. The summed E-state index contributed by atoms with van der Waals surface area (Å²) in [6.07, 6.45) is 0.351. The summed E-state index contributed by atoms with van der Waals surface area (Å²) in [5, 5.41) is 7.52. The van der Waals surface area contributed by atoms with Gasteiger partial charge in [-0.3, -0.25) is 0 Å². The van der Waals surface area contributed by atoms with Crippen LogP contribution in [0.5, 0.6) is 5.75 Å². The second-order valence-corrected chi connectivity index (χ2v) is 7.15. The van der Waals surface area contributed by atoms with Gasteiger partial charge in [-0.05, 0) is 35.9 Å². The highest BCUT2D eigenvalue weighted by molar-refractivity contribution is 6.30. The molecule has 0 amide bonds. The summed E-state index contributed by atoms with van der Waals surface area (Å²) in [4.78, 5) is 0. The zero-order valence-corrected chi connectivity index (χ0v) is 15.1. The van der Waals surface area contributed by atoms with Crippen LogP contribution in [0.1, 0.15) is 35.4 Å². The van der Waals surface area contributed by atoms with Crippen LogP contribution in [-0.2, 0) is 0 Å². The van der Waals surface area contributed by atoms with Gasteiger partial charge in [-0.25, -0.2) is 9.40 Å². The predicted octanol–water partition coefficient (Wildman–Crippen LogP) is 5.72. The highest BCUT2D eigenvalue weighted by atomic mass is 35.5. The van der Waals surface area contributed by atoms with Crippen molar-refractivity contribution in [3.05, 3.63) is 100 Å². The molecule has 0 fully saturated rings. The van der Waals surface area contributed by atoms with Gasteiger partial charge in [0.15, 0.2) is 0 Å². The van der Waals surface area contributed by atoms with E-state index < -0.39 is 6.23 Å². The molecule has 2 aliphatic rings. The van der Waals surface area contributed by atoms with Crippen molar-refractivity contribution in [2.75, 3.05) is 0 Å². The molecule has 0 aliphatic carbocycles. The van der Waals surface area contributed by atoms with Crippen LogP contribution < -0.4 is 4.74 Å². The fourth-order valence-corrected chi connectivity index (χ4v) is 3.89. The number of nitrogens with zero attached hydrogens (tertiary/aromatic N) is 2. The van der Waals surface area contributed by atoms with Crippen molar-refractivity contribution in [1.82, 2.24) is 5.01 Å². The van der Waals surface area contributed by atoms with Gasteiger partial charge in [0.1, 0.15) is 11.6 Å². The topological polar surface area (TPSA) is 24.8 Å². The monoisotopic (exact) mass is 378 g/mol. The van der Waals surface area contributed by atoms with E-state index in [2.05, 4.69) is 12.1 Å². The van der Waals surface area contributed by atoms with Crippen LogP contribution in [0, 0.1) is 5.82 Å². The number of rotatable bonds is 2. The molecule has 2 atom stereocenters. The molecule has 0 saturated carbocycles. The Morgan fingerprint density at radius 3 is 2.56 bits per heavy atom. The number of fused-ring (bicyclic) bond motifs is 3. The van der Waals surface area contributed by atoms with Gasteiger partial charge in [0.05, 0.1) is 11.8 Å². The first-order chi connectivity index (χ1) is 13.2. The van der Waals surface area contributed by atoms with E-state index in [9.17, 15) is 4.39 Å². The van der Waals surface area contributed by atoms with E-state index in [0.717, 1.165) is 34.6 Å². The molecule has 2 aliphatic heterocycles. The summed E-state index contributed by atoms with van der Waals surface area (Å²) < 4.78 is 19.6. The second kappa shape index (κ2) is 6.39. The quantitative estimate of drug-likeness (QED) is 0.569. The molecule has 0 aromatic heterocycles. The molecule has 0 radical (unpaired) electrons. The average Bonchev–Trinajstić information content (AvgIpc) is 3.15. The number of hydrogen-bond acceptors (Lipinski definition) is 3. The number of halogens is 2. The molecule has 3 aromatic carbocycles. The Kier molecular flexibility index (Phi) is 3.87. The summed E-state index contributed by atoms with van der Waals surface area (Å²) in [7, 11) is 0. The molecule has 5 rings (SSSR count). The normalized spacial score (nSPS) is 20.5. The standard InChI is InChI=1S/C22H16ClFN2O/c23-16-8-11-21-18(12-16)20-13-19(14-4-2-1-3-5-14)25-26(20)22(27-21)15-6-9-17(24)10-7-15/h1-12,20,22H,13H2/t20-,22-/m0/s1. The minimum absolute atomic E-state index is 0.0257. The lowest BCUT2D eigenvalue weighted by Crippen LogP contribution is -2.33. The van der Waals surface area contributed by atoms with E-state index >= 15 is 0 Å². The Morgan fingerprint density at radius 2 is 1.78 bits per heavy atom. The largest absolute Gasteiger partial charge is 0.464 e. The first kappa shape index (κ1) is 16.3. The minimum atomic E-state index is -0.412. The molecule has 3 nitrogen and oxygen atoms in total. The van der Waals surface area contributed by atoms with Gasteiger partial charge in [0.2, 0.25) is 6.23 Å². The number of hydrazone groups is 1. The van der Waals surface area contributed by atoms with Crippen molar-refractivity contribution in [1.29, 1.82) is 0 Å². The van der Waals surface area contributed by atoms with Crippen molar-refractivity contribution >= 4 is 17.3 Å². The first-order valence-electron chi connectivity index (χ1n) is 8.82. The Balaban J connectivity index is 1.61. The molecule has 0 N–H and O–H groups in total. The van der Waals surface area contributed by atoms with Crippen LogP contribution in [0.15, 0.2) is 77.9 Å². The van der Waals surface area contributed by atoms with Crippen molar-refractivity contribution in [2.24, 2.45) is 5.10 Å². The molecule has 0 saturated heterocycles. The zero-order chi connectivity index (χ0) is 18.4. The van der Waals surface area contributed by atoms with Gasteiger partial charge in [-0.2, -0.15) is 5.10 Å². The minimum Gasteiger partial charge on any atom is -0.464 e. The molecular formula is C22H16ClFN2O. The number of ether oxygens (including phenoxy) is 1. The van der Waals surface area contributed by atoms with Crippen LogP contribution in [-0.4, -0.2) is 10.7 Å². The van der Waals surface area contributed by atoms with Crippen molar-refractivity contribution < 1.29 is 9.13 Å². The van der Waals surface area contributed by atoms with E-state index in [-0.39, 0.29) is 11.9 Å². The maximum Gasteiger partial charge on any atom is 0.213 e. The number of benzene rings is 3. The fraction of sp³-hybridized carbons (Fsp3) is 0.136. The van der Waals surface area contributed by atoms with Crippen LogP contribution >= 0.6 is 11.6 Å². The van der Waals surface area contributed by atoms with Gasteiger partial charge >= 0.3 is 0 Å². The molecule has 5 heteroatoms. The fourth-order valence-electron chi connectivity index (χ4n) is 3.71. The third kappa shape index (κ3) is 2.86. The van der Waals surface area contributed by atoms with Crippen molar-refractivity contribution in [3.63, 3.8) is 0 Å². The van der Waals surface area contributed by atoms with E-state index in [1.807, 2.05) is 41.4 Å². The summed E-state index contributed by atoms with van der Waals surface area (Å²) in [5.74, 6) is 0.521. The number of hydrogen-bond donors (Lipinski definition) is 0. The maximum absolute atomic E-state index is 13.4. The molecular weight excluding hydrogens is 363 g/mol. The van der Waals surface area contributed by atoms with Gasteiger partial charge in [-0.15, -0.1) is 0 Å². The molecule has 134 valence electrons. The summed E-state index contributed by atoms with van der Waals surface area (Å²) in [5.41, 5.74) is 3.98. The van der Waals surface area contributed by atoms with Crippen molar-refractivity contribution in [3.8, 4) is 5.75 Å². The Labute approximate surface area is 161 Å². The highest BCUT2D eigenvalue weighted by Gasteiger charge is 2.41. The lowest BCUT2D eigenvalue weighted by molar-refractivity contribution is -0.0190. The highest BCUT2D eigenvalue weighted by Crippen LogP contribution is 2.48. The van der Waals surface area contributed by atoms with Crippen LogP contribution in [0.2, 0.25) is 5.02 Å². The van der Waals surface area contributed by atoms with E-state index in [1.165, 1.54) is 12.1 Å². The van der Waals surface area contributed by atoms with E-state index in [1.54, 1.807) is 12.1 Å². The molecule has 3 aromatic rings. The zero-order valence-electron chi connectivity index (χ0n) is 14.3. The summed E-state index contributed by atoms with van der Waals surface area (Å²) in [6.45, 7) is 0. The van der Waals surface area contributed by atoms with Crippen LogP contribution in [0.25, 0.3) is 0 Å². The van der Waals surface area contributed by atoms with E-state index in [0.29, 0.717) is 5.02 Å². The Morgan fingerprint density at radius 1 is 1.00 bits per heavy atom. The molecule has 0 bridgehead atoms. The molecule has 27 heavy (non-hydrogen) atoms. The molecule has 0 spiro atoms. The summed E-state index contributed by atoms with van der Waals surface area (Å²) >= 11 is 6.24. The first-order valence-corrected chi connectivity index (χ1v) is 9.19.